The number of nitrogens with one attached hydrogen (secondary N) is 1. The van der Waals surface area contributed by atoms with Crippen LogP contribution < -0.4 is 0 Å². The van der Waals surface area contributed by atoms with Crippen LogP contribution in [-0.4, -0.2) is 15.2 Å². The second-order valence-corrected chi connectivity index (χ2v) is 4.10. The molecule has 3 rings (SSSR count). The van der Waals surface area contributed by atoms with Gasteiger partial charge in [0, 0.05) is 11.6 Å². The van der Waals surface area contributed by atoms with Gasteiger partial charge >= 0.3 is 0 Å². The number of hydrogen-bond donors (Lipinski definition) is 1. The summed E-state index contributed by atoms with van der Waals surface area (Å²) in [7, 11) is 0. The lowest BCUT2D eigenvalue weighted by atomic mass is 10.2. The molecule has 2 heterocycles. The van der Waals surface area contributed by atoms with Gasteiger partial charge < -0.3 is 0 Å². The maximum atomic E-state index is 4.38. The number of aromatic amines is 1. The number of nitrogens with zero attached hydrogens (tertiary/aromatic N) is 2. The van der Waals surface area contributed by atoms with Gasteiger partial charge in [0.05, 0.1) is 16.4 Å². The van der Waals surface area contributed by atoms with E-state index in [9.17, 15) is 0 Å². The van der Waals surface area contributed by atoms with Gasteiger partial charge in [-0.05, 0) is 28.7 Å². The molecule has 68 valence electrons. The first-order chi connectivity index (χ1) is 6.86. The topological polar surface area (TPSA) is 41.6 Å². The van der Waals surface area contributed by atoms with Crippen LogP contribution in [0.1, 0.15) is 0 Å². The van der Waals surface area contributed by atoms with Crippen molar-refractivity contribution in [3.05, 3.63) is 34.2 Å². The second kappa shape index (κ2) is 2.91. The van der Waals surface area contributed by atoms with E-state index in [0.29, 0.717) is 0 Å². The van der Waals surface area contributed by atoms with E-state index in [1.165, 1.54) is 0 Å². The SMILES string of the molecule is Ic1n[nH]c2c1cnc1ccccc12. The molecule has 0 bridgehead atoms. The molecule has 3 nitrogen and oxygen atoms in total. The summed E-state index contributed by atoms with van der Waals surface area (Å²) >= 11 is 2.20. The minimum absolute atomic E-state index is 0.968. The Morgan fingerprint density at radius 2 is 2.00 bits per heavy atom. The van der Waals surface area contributed by atoms with E-state index < -0.39 is 0 Å². The van der Waals surface area contributed by atoms with Crippen molar-refractivity contribution >= 4 is 44.4 Å². The summed E-state index contributed by atoms with van der Waals surface area (Å²) in [5.41, 5.74) is 2.07. The minimum atomic E-state index is 0.968. The van der Waals surface area contributed by atoms with Crippen LogP contribution in [0.25, 0.3) is 21.8 Å². The molecule has 4 heteroatoms. The van der Waals surface area contributed by atoms with E-state index in [2.05, 4.69) is 43.8 Å². The first-order valence-corrected chi connectivity index (χ1v) is 5.31. The molecular formula is C10H6IN3. The number of H-pyrrole nitrogens is 1. The van der Waals surface area contributed by atoms with Gasteiger partial charge in [0.1, 0.15) is 3.70 Å². The molecular weight excluding hydrogens is 289 g/mol. The number of aromatic nitrogens is 3. The van der Waals surface area contributed by atoms with Gasteiger partial charge in [-0.15, -0.1) is 0 Å². The highest BCUT2D eigenvalue weighted by molar-refractivity contribution is 14.1. The quantitative estimate of drug-likeness (QED) is 0.648. The number of pyridine rings is 1. The third kappa shape index (κ3) is 1.03. The van der Waals surface area contributed by atoms with E-state index in [-0.39, 0.29) is 0 Å². The number of benzene rings is 1. The third-order valence-electron chi connectivity index (χ3n) is 2.26. The molecule has 0 aliphatic rings. The van der Waals surface area contributed by atoms with Gasteiger partial charge in [-0.1, -0.05) is 18.2 Å². The molecule has 1 aromatic carbocycles. The lowest BCUT2D eigenvalue weighted by Crippen LogP contribution is -1.79. The highest BCUT2D eigenvalue weighted by Gasteiger charge is 2.06. The Hall–Kier alpha value is -1.17. The summed E-state index contributed by atoms with van der Waals surface area (Å²) < 4.78 is 0.968. The Kier molecular flexibility index (Phi) is 1.70. The Balaban J connectivity index is 2.61. The summed E-state index contributed by atoms with van der Waals surface area (Å²) in [6.45, 7) is 0. The molecule has 0 amide bonds. The maximum absolute atomic E-state index is 4.38. The minimum Gasteiger partial charge on any atom is -0.276 e. The molecule has 1 N–H and O–H groups in total. The normalized spacial score (nSPS) is 11.2. The number of hydrogen-bond acceptors (Lipinski definition) is 2. The molecule has 0 unspecified atom stereocenters. The molecule has 0 aliphatic heterocycles. The van der Waals surface area contributed by atoms with Gasteiger partial charge in [-0.3, -0.25) is 10.1 Å². The highest BCUT2D eigenvalue weighted by Crippen LogP contribution is 2.23. The van der Waals surface area contributed by atoms with Crippen molar-refractivity contribution < 1.29 is 0 Å². The van der Waals surface area contributed by atoms with Crippen molar-refractivity contribution in [1.82, 2.24) is 15.2 Å². The van der Waals surface area contributed by atoms with Crippen LogP contribution in [0.4, 0.5) is 0 Å². The summed E-state index contributed by atoms with van der Waals surface area (Å²) in [6.07, 6.45) is 1.86. The summed E-state index contributed by atoms with van der Waals surface area (Å²) in [5, 5.41) is 9.41. The molecule has 0 fully saturated rings. The van der Waals surface area contributed by atoms with E-state index in [1.807, 2.05) is 24.4 Å². The molecule has 3 aromatic rings. The summed E-state index contributed by atoms with van der Waals surface area (Å²) in [6, 6.07) is 8.06. The third-order valence-corrected chi connectivity index (χ3v) is 3.09. The highest BCUT2D eigenvalue weighted by atomic mass is 127. The molecule has 2 aromatic heterocycles. The predicted octanol–water partition coefficient (Wildman–Crippen LogP) is 2.72. The lowest BCUT2D eigenvalue weighted by Gasteiger charge is -1.96. The first-order valence-electron chi connectivity index (χ1n) is 4.23. The van der Waals surface area contributed by atoms with E-state index in [1.54, 1.807) is 0 Å². The van der Waals surface area contributed by atoms with Crippen LogP contribution in [-0.2, 0) is 0 Å². The summed E-state index contributed by atoms with van der Waals surface area (Å²) in [5.74, 6) is 0. The maximum Gasteiger partial charge on any atom is 0.132 e. The van der Waals surface area contributed by atoms with Crippen molar-refractivity contribution in [3.63, 3.8) is 0 Å². The van der Waals surface area contributed by atoms with Crippen molar-refractivity contribution in [2.75, 3.05) is 0 Å². The second-order valence-electron chi connectivity index (χ2n) is 3.08. The number of rotatable bonds is 0. The van der Waals surface area contributed by atoms with E-state index >= 15 is 0 Å². The van der Waals surface area contributed by atoms with Crippen LogP contribution >= 0.6 is 22.6 Å². The zero-order valence-corrected chi connectivity index (χ0v) is 9.32. The first kappa shape index (κ1) is 8.16. The standard InChI is InChI=1S/C10H6IN3/c11-10-7-5-12-8-4-2-1-3-6(8)9(7)13-14-10/h1-5H,(H,13,14). The fourth-order valence-electron chi connectivity index (χ4n) is 1.58. The molecule has 0 aliphatic carbocycles. The number of halogens is 1. The van der Waals surface area contributed by atoms with Gasteiger partial charge in [-0.25, -0.2) is 0 Å². The van der Waals surface area contributed by atoms with Gasteiger partial charge in [-0.2, -0.15) is 5.10 Å². The van der Waals surface area contributed by atoms with Crippen molar-refractivity contribution in [2.24, 2.45) is 0 Å². The Morgan fingerprint density at radius 3 is 2.93 bits per heavy atom. The fraction of sp³-hybridized carbons (Fsp3) is 0. The van der Waals surface area contributed by atoms with Gasteiger partial charge in [0.2, 0.25) is 0 Å². The van der Waals surface area contributed by atoms with E-state index in [4.69, 9.17) is 0 Å². The van der Waals surface area contributed by atoms with Crippen LogP contribution in [0.5, 0.6) is 0 Å². The van der Waals surface area contributed by atoms with E-state index in [0.717, 1.165) is 25.5 Å². The van der Waals surface area contributed by atoms with Crippen molar-refractivity contribution in [3.8, 4) is 0 Å². The average Bonchev–Trinajstić information content (AvgIpc) is 2.61. The molecule has 0 saturated heterocycles. The molecule has 0 atom stereocenters. The van der Waals surface area contributed by atoms with Crippen LogP contribution in [0.2, 0.25) is 0 Å². The molecule has 14 heavy (non-hydrogen) atoms. The Labute approximate surface area is 93.7 Å². The molecule has 0 radical (unpaired) electrons. The molecule has 0 spiro atoms. The van der Waals surface area contributed by atoms with Gasteiger partial charge in [0.25, 0.3) is 0 Å². The fourth-order valence-corrected chi connectivity index (χ4v) is 2.11. The lowest BCUT2D eigenvalue weighted by molar-refractivity contribution is 1.10. The smallest absolute Gasteiger partial charge is 0.132 e. The zero-order valence-electron chi connectivity index (χ0n) is 7.16. The monoisotopic (exact) mass is 295 g/mol. The van der Waals surface area contributed by atoms with Crippen molar-refractivity contribution in [1.29, 1.82) is 0 Å². The van der Waals surface area contributed by atoms with Gasteiger partial charge in [0.15, 0.2) is 0 Å². The average molecular weight is 295 g/mol. The number of fused-ring (bicyclic) bond motifs is 3. The van der Waals surface area contributed by atoms with Crippen molar-refractivity contribution in [2.45, 2.75) is 0 Å². The van der Waals surface area contributed by atoms with Crippen LogP contribution in [0, 0.1) is 3.70 Å². The van der Waals surface area contributed by atoms with Crippen LogP contribution in [0.15, 0.2) is 30.5 Å². The zero-order chi connectivity index (χ0) is 9.54. The Bertz CT molecular complexity index is 615. The molecule has 0 saturated carbocycles. The number of para-hydroxylation sites is 1. The predicted molar refractivity (Wildman–Crippen MR) is 64.1 cm³/mol. The summed E-state index contributed by atoms with van der Waals surface area (Å²) in [4.78, 5) is 4.38. The van der Waals surface area contributed by atoms with Crippen LogP contribution in [0.3, 0.4) is 0 Å². The Morgan fingerprint density at radius 1 is 1.14 bits per heavy atom. The largest absolute Gasteiger partial charge is 0.276 e.